The van der Waals surface area contributed by atoms with Crippen molar-refractivity contribution in [3.63, 3.8) is 0 Å². The zero-order valence-corrected chi connectivity index (χ0v) is 18.1. The second-order valence-electron chi connectivity index (χ2n) is 8.18. The molecular formula is C27H24N4O. The van der Waals surface area contributed by atoms with Gasteiger partial charge in [-0.2, -0.15) is 5.26 Å². The van der Waals surface area contributed by atoms with E-state index in [-0.39, 0.29) is 12.1 Å². The fraction of sp³-hybridized carbons (Fsp3) is 0.185. The van der Waals surface area contributed by atoms with E-state index in [1.54, 1.807) is 0 Å². The van der Waals surface area contributed by atoms with Gasteiger partial charge in [0.2, 0.25) is 0 Å². The Morgan fingerprint density at radius 2 is 1.75 bits per heavy atom. The highest BCUT2D eigenvalue weighted by Gasteiger charge is 2.38. The van der Waals surface area contributed by atoms with Crippen LogP contribution in [-0.2, 0) is 0 Å². The van der Waals surface area contributed by atoms with Crippen LogP contribution in [-0.4, -0.2) is 23.4 Å². The van der Waals surface area contributed by atoms with Crippen molar-refractivity contribution in [1.82, 2.24) is 10.4 Å². The number of ether oxygens (including phenoxy) is 1. The zero-order chi connectivity index (χ0) is 22.1. The van der Waals surface area contributed by atoms with Gasteiger partial charge in [0.25, 0.3) is 0 Å². The number of fused-ring (bicyclic) bond motifs is 1. The third kappa shape index (κ3) is 3.77. The number of nitriles is 1. The Balaban J connectivity index is 1.50. The lowest BCUT2D eigenvalue weighted by molar-refractivity contribution is 0.288. The Hall–Kier alpha value is -3.88. The molecule has 3 aromatic carbocycles. The molecule has 1 N–H and O–H groups in total. The number of aryl methyl sites for hydroxylation is 2. The summed E-state index contributed by atoms with van der Waals surface area (Å²) in [6.07, 6.45) is 1.85. The van der Waals surface area contributed by atoms with Crippen molar-refractivity contribution in [2.24, 2.45) is 10.9 Å². The monoisotopic (exact) mass is 420 g/mol. The minimum absolute atomic E-state index is 0.208. The van der Waals surface area contributed by atoms with Crippen molar-refractivity contribution in [3.05, 3.63) is 101 Å². The van der Waals surface area contributed by atoms with E-state index in [1.807, 2.05) is 59.6 Å². The molecule has 1 saturated heterocycles. The van der Waals surface area contributed by atoms with Gasteiger partial charge in [0.05, 0.1) is 17.5 Å². The maximum Gasteiger partial charge on any atom is 0.153 e. The van der Waals surface area contributed by atoms with Gasteiger partial charge in [-0.15, -0.1) is 0 Å². The minimum Gasteiger partial charge on any atom is -0.457 e. The SMILES string of the molecule is Cc1ccc(C2=CC(c3ccc(Oc4ccccc4)cc3)=NC3C(C#N)CNN23)c(C)c1. The first kappa shape index (κ1) is 20.0. The molecule has 2 aliphatic heterocycles. The van der Waals surface area contributed by atoms with Crippen LogP contribution in [0.5, 0.6) is 11.5 Å². The van der Waals surface area contributed by atoms with Gasteiger partial charge >= 0.3 is 0 Å². The molecule has 0 spiro atoms. The first-order chi connectivity index (χ1) is 15.6. The Morgan fingerprint density at radius 3 is 2.47 bits per heavy atom. The number of aliphatic imine (C=N–C) groups is 1. The molecule has 3 aromatic rings. The lowest BCUT2D eigenvalue weighted by Gasteiger charge is -2.32. The Bertz CT molecular complexity index is 1240. The molecule has 0 amide bonds. The van der Waals surface area contributed by atoms with E-state index in [4.69, 9.17) is 9.73 Å². The van der Waals surface area contributed by atoms with Gasteiger partial charge in [-0.25, -0.2) is 5.43 Å². The summed E-state index contributed by atoms with van der Waals surface area (Å²) in [5, 5.41) is 11.7. The van der Waals surface area contributed by atoms with Crippen LogP contribution in [0.15, 0.2) is 83.9 Å². The molecular weight excluding hydrogens is 396 g/mol. The lowest BCUT2D eigenvalue weighted by Crippen LogP contribution is -2.39. The van der Waals surface area contributed by atoms with E-state index in [9.17, 15) is 5.26 Å². The van der Waals surface area contributed by atoms with Gasteiger partial charge in [-0.3, -0.25) is 10.0 Å². The number of para-hydroxylation sites is 1. The van der Waals surface area contributed by atoms with E-state index < -0.39 is 0 Å². The largest absolute Gasteiger partial charge is 0.457 e. The minimum atomic E-state index is -0.254. The zero-order valence-electron chi connectivity index (χ0n) is 18.1. The number of rotatable bonds is 4. The van der Waals surface area contributed by atoms with Crippen molar-refractivity contribution in [2.45, 2.75) is 20.0 Å². The predicted octanol–water partition coefficient (Wildman–Crippen LogP) is 5.23. The molecule has 5 rings (SSSR count). The molecule has 2 aliphatic rings. The summed E-state index contributed by atoms with van der Waals surface area (Å²) >= 11 is 0. The van der Waals surface area contributed by atoms with Gasteiger partial charge in [0, 0.05) is 17.7 Å². The molecule has 158 valence electrons. The van der Waals surface area contributed by atoms with E-state index >= 15 is 0 Å². The van der Waals surface area contributed by atoms with Crippen molar-refractivity contribution in [2.75, 3.05) is 6.54 Å². The van der Waals surface area contributed by atoms with Gasteiger partial charge < -0.3 is 4.74 Å². The van der Waals surface area contributed by atoms with E-state index in [0.717, 1.165) is 34.0 Å². The summed E-state index contributed by atoms with van der Waals surface area (Å²) in [6, 6.07) is 26.5. The highest BCUT2D eigenvalue weighted by molar-refractivity contribution is 6.13. The average Bonchev–Trinajstić information content (AvgIpc) is 3.23. The van der Waals surface area contributed by atoms with Crippen LogP contribution in [0.4, 0.5) is 0 Å². The Kier molecular flexibility index (Phi) is 5.22. The van der Waals surface area contributed by atoms with E-state index in [0.29, 0.717) is 6.54 Å². The van der Waals surface area contributed by atoms with Gasteiger partial charge in [-0.05, 0) is 61.9 Å². The van der Waals surface area contributed by atoms with Crippen molar-refractivity contribution < 1.29 is 4.74 Å². The molecule has 2 unspecified atom stereocenters. The van der Waals surface area contributed by atoms with Crippen LogP contribution in [0.2, 0.25) is 0 Å². The average molecular weight is 421 g/mol. The standard InChI is InChI=1S/C27H24N4O/c1-18-8-13-24(19(2)14-18)26-15-25(30-27-21(16-28)17-29-31(26)27)20-9-11-23(12-10-20)32-22-6-4-3-5-7-22/h3-15,21,27,29H,17H2,1-2H3. The highest BCUT2D eigenvalue weighted by atomic mass is 16.5. The quantitative estimate of drug-likeness (QED) is 0.628. The molecule has 5 heteroatoms. The molecule has 5 nitrogen and oxygen atoms in total. The van der Waals surface area contributed by atoms with Crippen LogP contribution in [0.3, 0.4) is 0 Å². The van der Waals surface area contributed by atoms with Gasteiger partial charge in [0.1, 0.15) is 17.4 Å². The molecule has 0 aliphatic carbocycles. The summed E-state index contributed by atoms with van der Waals surface area (Å²) in [5.41, 5.74) is 9.85. The number of nitrogens with one attached hydrogen (secondary N) is 1. The van der Waals surface area contributed by atoms with Gasteiger partial charge in [-0.1, -0.05) is 42.0 Å². The third-order valence-corrected chi connectivity index (χ3v) is 5.86. The maximum atomic E-state index is 9.66. The molecule has 0 bridgehead atoms. The van der Waals surface area contributed by atoms with Crippen LogP contribution in [0, 0.1) is 31.1 Å². The number of hydrogen-bond donors (Lipinski definition) is 1. The predicted molar refractivity (Wildman–Crippen MR) is 126 cm³/mol. The molecule has 0 radical (unpaired) electrons. The molecule has 0 aromatic heterocycles. The summed E-state index contributed by atoms with van der Waals surface area (Å²) in [6.45, 7) is 4.81. The number of hydrogen-bond acceptors (Lipinski definition) is 5. The molecule has 1 fully saturated rings. The van der Waals surface area contributed by atoms with Crippen LogP contribution < -0.4 is 10.2 Å². The van der Waals surface area contributed by atoms with Crippen LogP contribution >= 0.6 is 0 Å². The maximum absolute atomic E-state index is 9.66. The fourth-order valence-corrected chi connectivity index (χ4v) is 4.23. The third-order valence-electron chi connectivity index (χ3n) is 5.86. The van der Waals surface area contributed by atoms with Gasteiger partial charge in [0.15, 0.2) is 6.17 Å². The molecule has 2 atom stereocenters. The Labute approximate surface area is 188 Å². The number of benzene rings is 3. The summed E-state index contributed by atoms with van der Waals surface area (Å²) in [4.78, 5) is 4.94. The van der Waals surface area contributed by atoms with E-state index in [1.165, 1.54) is 11.1 Å². The van der Waals surface area contributed by atoms with Crippen LogP contribution in [0.25, 0.3) is 5.70 Å². The smallest absolute Gasteiger partial charge is 0.153 e. The summed E-state index contributed by atoms with van der Waals surface area (Å²) < 4.78 is 5.93. The first-order valence-electron chi connectivity index (χ1n) is 10.8. The second-order valence-corrected chi connectivity index (χ2v) is 8.18. The van der Waals surface area contributed by atoms with Crippen LogP contribution in [0.1, 0.15) is 22.3 Å². The fourth-order valence-electron chi connectivity index (χ4n) is 4.23. The first-order valence-corrected chi connectivity index (χ1v) is 10.8. The highest BCUT2D eigenvalue weighted by Crippen LogP contribution is 2.34. The van der Waals surface area contributed by atoms with Crippen molar-refractivity contribution >= 4 is 11.4 Å². The van der Waals surface area contributed by atoms with E-state index in [2.05, 4.69) is 49.6 Å². The number of hydrazine groups is 1. The van der Waals surface area contributed by atoms with Crippen molar-refractivity contribution in [3.8, 4) is 17.6 Å². The molecule has 32 heavy (non-hydrogen) atoms. The number of allylic oxidation sites excluding steroid dienone is 1. The molecule has 2 heterocycles. The normalized spacial score (nSPS) is 19.6. The summed E-state index contributed by atoms with van der Waals surface area (Å²) in [5.74, 6) is 1.37. The second kappa shape index (κ2) is 8.33. The topological polar surface area (TPSA) is 60.6 Å². The molecule has 0 saturated carbocycles. The lowest BCUT2D eigenvalue weighted by atomic mass is 9.97. The Morgan fingerprint density at radius 1 is 1.00 bits per heavy atom. The number of nitrogens with zero attached hydrogens (tertiary/aromatic N) is 3. The van der Waals surface area contributed by atoms with Crippen molar-refractivity contribution in [1.29, 1.82) is 5.26 Å². The summed E-state index contributed by atoms with van der Waals surface area (Å²) in [7, 11) is 0.